The van der Waals surface area contributed by atoms with Crippen LogP contribution in [0.3, 0.4) is 0 Å². The average molecular weight is 295 g/mol. The number of rotatable bonds is 4. The molecule has 0 saturated carbocycles. The van der Waals surface area contributed by atoms with E-state index < -0.39 is 21.9 Å². The molecule has 0 bridgehead atoms. The molecular formula is C13H14FN3O2S. The van der Waals surface area contributed by atoms with E-state index in [-0.39, 0.29) is 10.6 Å². The Hall–Kier alpha value is -1.99. The Bertz CT molecular complexity index is 705. The van der Waals surface area contributed by atoms with Crippen molar-refractivity contribution < 1.29 is 12.8 Å². The van der Waals surface area contributed by atoms with Gasteiger partial charge in [0.25, 0.3) is 0 Å². The summed E-state index contributed by atoms with van der Waals surface area (Å²) in [4.78, 5) is 3.60. The number of benzene rings is 1. The molecule has 106 valence electrons. The molecule has 0 aliphatic carbocycles. The fourth-order valence-electron chi connectivity index (χ4n) is 1.77. The summed E-state index contributed by atoms with van der Waals surface area (Å²) in [7, 11) is -3.90. The normalized spacial score (nSPS) is 13.1. The van der Waals surface area contributed by atoms with E-state index >= 15 is 0 Å². The van der Waals surface area contributed by atoms with Crippen molar-refractivity contribution in [2.75, 3.05) is 5.73 Å². The third-order valence-electron chi connectivity index (χ3n) is 2.84. The van der Waals surface area contributed by atoms with Crippen molar-refractivity contribution in [1.29, 1.82) is 0 Å². The van der Waals surface area contributed by atoms with Crippen molar-refractivity contribution in [3.8, 4) is 0 Å². The Kier molecular flexibility index (Phi) is 4.01. The Labute approximate surface area is 116 Å². The molecule has 1 aromatic heterocycles. The van der Waals surface area contributed by atoms with E-state index in [1.54, 1.807) is 31.5 Å². The van der Waals surface area contributed by atoms with Gasteiger partial charge in [-0.2, -0.15) is 0 Å². The first-order valence-electron chi connectivity index (χ1n) is 5.88. The monoisotopic (exact) mass is 295 g/mol. The highest BCUT2D eigenvalue weighted by atomic mass is 32.2. The summed E-state index contributed by atoms with van der Waals surface area (Å²) in [5, 5.41) is 0. The van der Waals surface area contributed by atoms with Crippen molar-refractivity contribution in [3.63, 3.8) is 0 Å². The second-order valence-electron chi connectivity index (χ2n) is 4.28. The molecule has 2 aromatic rings. The number of pyridine rings is 1. The molecule has 0 spiro atoms. The molecule has 2 rings (SSSR count). The van der Waals surface area contributed by atoms with Crippen LogP contribution in [0.1, 0.15) is 18.5 Å². The molecule has 0 aliphatic rings. The summed E-state index contributed by atoms with van der Waals surface area (Å²) in [6.45, 7) is 1.68. The summed E-state index contributed by atoms with van der Waals surface area (Å²) >= 11 is 0. The van der Waals surface area contributed by atoms with Crippen LogP contribution in [0.25, 0.3) is 0 Å². The van der Waals surface area contributed by atoms with Crippen LogP contribution in [0.5, 0.6) is 0 Å². The highest BCUT2D eigenvalue weighted by Crippen LogP contribution is 2.23. The van der Waals surface area contributed by atoms with Gasteiger partial charge < -0.3 is 5.73 Å². The standard InChI is InChI=1S/C13H14FN3O2S/c1-9(10-5-7-16-8-6-10)17-20(18,19)12-4-2-3-11(14)13(12)15/h2-9,17H,15H2,1H3. The molecule has 0 aliphatic heterocycles. The summed E-state index contributed by atoms with van der Waals surface area (Å²) in [5.74, 6) is -0.760. The van der Waals surface area contributed by atoms with Gasteiger partial charge in [0.15, 0.2) is 0 Å². The van der Waals surface area contributed by atoms with Crippen molar-refractivity contribution in [3.05, 3.63) is 54.1 Å². The number of nitrogen functional groups attached to an aromatic ring is 1. The fourth-order valence-corrected chi connectivity index (χ4v) is 3.14. The van der Waals surface area contributed by atoms with Crippen molar-refractivity contribution >= 4 is 15.7 Å². The van der Waals surface area contributed by atoms with E-state index in [9.17, 15) is 12.8 Å². The minimum Gasteiger partial charge on any atom is -0.395 e. The van der Waals surface area contributed by atoms with Gasteiger partial charge in [0.05, 0.1) is 5.69 Å². The van der Waals surface area contributed by atoms with Crippen LogP contribution in [-0.4, -0.2) is 13.4 Å². The molecule has 0 saturated heterocycles. The lowest BCUT2D eigenvalue weighted by Gasteiger charge is -2.15. The highest BCUT2D eigenvalue weighted by molar-refractivity contribution is 7.89. The number of aromatic nitrogens is 1. The van der Waals surface area contributed by atoms with Crippen LogP contribution < -0.4 is 10.5 Å². The van der Waals surface area contributed by atoms with Gasteiger partial charge in [-0.1, -0.05) is 6.07 Å². The summed E-state index contributed by atoms with van der Waals surface area (Å²) in [6.07, 6.45) is 3.13. The quantitative estimate of drug-likeness (QED) is 0.843. The Morgan fingerprint density at radius 3 is 2.55 bits per heavy atom. The zero-order valence-electron chi connectivity index (χ0n) is 10.7. The predicted octanol–water partition coefficient (Wildman–Crippen LogP) is 1.84. The maximum atomic E-state index is 13.3. The summed E-state index contributed by atoms with van der Waals surface area (Å²) in [5.41, 5.74) is 5.84. The molecule has 3 N–H and O–H groups in total. The lowest BCUT2D eigenvalue weighted by molar-refractivity contribution is 0.565. The van der Waals surface area contributed by atoms with Gasteiger partial charge in [-0.05, 0) is 36.8 Å². The Morgan fingerprint density at radius 2 is 1.90 bits per heavy atom. The number of para-hydroxylation sites is 1. The fraction of sp³-hybridized carbons (Fsp3) is 0.154. The van der Waals surface area contributed by atoms with E-state index in [0.717, 1.165) is 11.6 Å². The van der Waals surface area contributed by atoms with E-state index in [1.165, 1.54) is 12.1 Å². The predicted molar refractivity (Wildman–Crippen MR) is 73.8 cm³/mol. The first-order chi connectivity index (χ1) is 9.42. The Balaban J connectivity index is 2.30. The number of nitrogens with two attached hydrogens (primary N) is 1. The van der Waals surface area contributed by atoms with Gasteiger partial charge in [-0.3, -0.25) is 4.98 Å². The molecule has 0 radical (unpaired) electrons. The Morgan fingerprint density at radius 1 is 1.25 bits per heavy atom. The van der Waals surface area contributed by atoms with Crippen molar-refractivity contribution in [2.45, 2.75) is 17.9 Å². The molecule has 5 nitrogen and oxygen atoms in total. The number of hydrogen-bond acceptors (Lipinski definition) is 4. The van der Waals surface area contributed by atoms with Crippen molar-refractivity contribution in [1.82, 2.24) is 9.71 Å². The zero-order valence-corrected chi connectivity index (χ0v) is 11.6. The number of nitrogens with one attached hydrogen (secondary N) is 1. The van der Waals surface area contributed by atoms with Gasteiger partial charge in [0.1, 0.15) is 10.7 Å². The molecule has 0 fully saturated rings. The molecule has 20 heavy (non-hydrogen) atoms. The van der Waals surface area contributed by atoms with Gasteiger partial charge in [0, 0.05) is 18.4 Å². The van der Waals surface area contributed by atoms with Gasteiger partial charge >= 0.3 is 0 Å². The number of sulfonamides is 1. The lowest BCUT2D eigenvalue weighted by Crippen LogP contribution is -2.27. The minimum absolute atomic E-state index is 0.265. The lowest BCUT2D eigenvalue weighted by atomic mass is 10.1. The van der Waals surface area contributed by atoms with E-state index in [0.29, 0.717) is 0 Å². The second-order valence-corrected chi connectivity index (χ2v) is 5.96. The van der Waals surface area contributed by atoms with Crippen LogP contribution in [0.4, 0.5) is 10.1 Å². The molecule has 1 aromatic carbocycles. The zero-order chi connectivity index (χ0) is 14.8. The van der Waals surface area contributed by atoms with Crippen LogP contribution in [0.15, 0.2) is 47.6 Å². The van der Waals surface area contributed by atoms with Crippen LogP contribution >= 0.6 is 0 Å². The minimum atomic E-state index is -3.90. The van der Waals surface area contributed by atoms with Gasteiger partial charge in [-0.25, -0.2) is 17.5 Å². The van der Waals surface area contributed by atoms with E-state index in [1.807, 2.05) is 0 Å². The maximum Gasteiger partial charge on any atom is 0.243 e. The first kappa shape index (κ1) is 14.4. The second kappa shape index (κ2) is 5.56. The van der Waals surface area contributed by atoms with Gasteiger partial charge in [-0.15, -0.1) is 0 Å². The number of nitrogens with zero attached hydrogens (tertiary/aromatic N) is 1. The largest absolute Gasteiger partial charge is 0.395 e. The van der Waals surface area contributed by atoms with Crippen LogP contribution in [0, 0.1) is 5.82 Å². The van der Waals surface area contributed by atoms with Crippen LogP contribution in [0.2, 0.25) is 0 Å². The number of anilines is 1. The maximum absolute atomic E-state index is 13.3. The third-order valence-corrected chi connectivity index (χ3v) is 4.44. The molecule has 7 heteroatoms. The van der Waals surface area contributed by atoms with Gasteiger partial charge in [0.2, 0.25) is 10.0 Å². The third kappa shape index (κ3) is 2.94. The summed E-state index contributed by atoms with van der Waals surface area (Å²) < 4.78 is 40.2. The molecule has 1 unspecified atom stereocenters. The van der Waals surface area contributed by atoms with E-state index in [4.69, 9.17) is 5.73 Å². The number of hydrogen-bond donors (Lipinski definition) is 2. The number of halogens is 1. The SMILES string of the molecule is CC(NS(=O)(=O)c1cccc(F)c1N)c1ccncc1. The first-order valence-corrected chi connectivity index (χ1v) is 7.36. The topological polar surface area (TPSA) is 85.1 Å². The van der Waals surface area contributed by atoms with Crippen molar-refractivity contribution in [2.24, 2.45) is 0 Å². The van der Waals surface area contributed by atoms with Crippen LogP contribution in [-0.2, 0) is 10.0 Å². The average Bonchev–Trinajstić information content (AvgIpc) is 2.42. The van der Waals surface area contributed by atoms with E-state index in [2.05, 4.69) is 9.71 Å². The highest BCUT2D eigenvalue weighted by Gasteiger charge is 2.22. The smallest absolute Gasteiger partial charge is 0.243 e. The molecule has 1 heterocycles. The summed E-state index contributed by atoms with van der Waals surface area (Å²) in [6, 6.07) is 6.59. The molecule has 1 atom stereocenters. The molecule has 0 amide bonds. The molecular weight excluding hydrogens is 281 g/mol.